The van der Waals surface area contributed by atoms with Crippen molar-refractivity contribution < 1.29 is 19.1 Å². The van der Waals surface area contributed by atoms with Crippen LogP contribution < -0.4 is 10.2 Å². The molecule has 0 saturated carbocycles. The Bertz CT molecular complexity index is 1490. The van der Waals surface area contributed by atoms with Crippen LogP contribution in [0.2, 0.25) is 0 Å². The Kier molecular flexibility index (Phi) is 10.5. The Balaban J connectivity index is 1.49. The number of nitrogens with zero attached hydrogens (tertiary/aromatic N) is 6. The molecular formula is C34H47N7O4. The summed E-state index contributed by atoms with van der Waals surface area (Å²) < 4.78 is 7.29. The fourth-order valence-corrected chi connectivity index (χ4v) is 5.30. The van der Waals surface area contributed by atoms with Crippen molar-refractivity contribution in [3.05, 3.63) is 71.5 Å². The Morgan fingerprint density at radius 2 is 1.69 bits per heavy atom. The maximum atomic E-state index is 13.7. The molecule has 1 N–H and O–H groups in total. The lowest BCUT2D eigenvalue weighted by atomic mass is 10.0. The number of carbonyl (C=O) groups is 3. The summed E-state index contributed by atoms with van der Waals surface area (Å²) in [4.78, 5) is 43.2. The van der Waals surface area contributed by atoms with Crippen LogP contribution in [0.15, 0.2) is 54.9 Å². The number of aromatic nitrogens is 2. The molecular weight excluding hydrogens is 570 g/mol. The van der Waals surface area contributed by atoms with E-state index in [4.69, 9.17) is 4.74 Å². The number of hydrazine groups is 1. The summed E-state index contributed by atoms with van der Waals surface area (Å²) in [5.41, 5.74) is 5.40. The van der Waals surface area contributed by atoms with Crippen molar-refractivity contribution in [2.45, 2.75) is 66.3 Å². The zero-order chi connectivity index (χ0) is 32.9. The molecule has 0 saturated heterocycles. The van der Waals surface area contributed by atoms with E-state index in [1.807, 2.05) is 95.0 Å². The molecule has 1 aliphatic heterocycles. The highest BCUT2D eigenvalue weighted by Crippen LogP contribution is 2.29. The number of anilines is 1. The van der Waals surface area contributed by atoms with Gasteiger partial charge in [0.05, 0.1) is 19.3 Å². The number of rotatable bonds is 11. The number of ether oxygens (including phenoxy) is 1. The monoisotopic (exact) mass is 617 g/mol. The zero-order valence-corrected chi connectivity index (χ0v) is 27.8. The molecule has 3 aromatic rings. The lowest BCUT2D eigenvalue weighted by Crippen LogP contribution is -2.49. The highest BCUT2D eigenvalue weighted by atomic mass is 16.6. The van der Waals surface area contributed by atoms with Crippen LogP contribution >= 0.6 is 0 Å². The predicted octanol–water partition coefficient (Wildman–Crippen LogP) is 4.35. The summed E-state index contributed by atoms with van der Waals surface area (Å²) in [6.45, 7) is 13.1. The molecule has 1 aliphatic rings. The van der Waals surface area contributed by atoms with Crippen molar-refractivity contribution in [3.8, 4) is 11.1 Å². The van der Waals surface area contributed by atoms with Crippen molar-refractivity contribution in [2.75, 3.05) is 38.1 Å². The normalized spacial score (nSPS) is 13.0. The van der Waals surface area contributed by atoms with Crippen molar-refractivity contribution in [2.24, 2.45) is 7.05 Å². The Morgan fingerprint density at radius 1 is 1.02 bits per heavy atom. The smallest absolute Gasteiger partial charge is 0.410 e. The second kappa shape index (κ2) is 14.2. The summed E-state index contributed by atoms with van der Waals surface area (Å²) in [6.07, 6.45) is 3.30. The molecule has 11 nitrogen and oxygen atoms in total. The lowest BCUT2D eigenvalue weighted by molar-refractivity contribution is -0.145. The van der Waals surface area contributed by atoms with Crippen LogP contribution in [0.3, 0.4) is 0 Å². The van der Waals surface area contributed by atoms with E-state index in [0.717, 1.165) is 22.4 Å². The van der Waals surface area contributed by atoms with E-state index >= 15 is 0 Å². The maximum absolute atomic E-state index is 13.7. The van der Waals surface area contributed by atoms with Gasteiger partial charge in [0, 0.05) is 63.8 Å². The van der Waals surface area contributed by atoms with E-state index in [9.17, 15) is 14.4 Å². The minimum atomic E-state index is -0.617. The molecule has 0 bridgehead atoms. The molecule has 2 aromatic carbocycles. The van der Waals surface area contributed by atoms with Gasteiger partial charge in [0.15, 0.2) is 0 Å². The van der Waals surface area contributed by atoms with E-state index in [2.05, 4.69) is 22.5 Å². The highest BCUT2D eigenvalue weighted by Gasteiger charge is 2.28. The Labute approximate surface area is 266 Å². The van der Waals surface area contributed by atoms with Gasteiger partial charge in [0.2, 0.25) is 5.91 Å². The first kappa shape index (κ1) is 33.5. The van der Waals surface area contributed by atoms with Gasteiger partial charge < -0.3 is 19.9 Å². The number of hydrogen-bond acceptors (Lipinski definition) is 7. The van der Waals surface area contributed by atoms with Crippen molar-refractivity contribution in [1.82, 2.24) is 30.0 Å². The van der Waals surface area contributed by atoms with Gasteiger partial charge in [-0.3, -0.25) is 19.3 Å². The molecule has 2 heterocycles. The maximum Gasteiger partial charge on any atom is 0.410 e. The second-order valence-electron chi connectivity index (χ2n) is 12.9. The molecule has 11 heteroatoms. The number of nitrogens with one attached hydrogen (secondary N) is 1. The number of hydrogen-bond donors (Lipinski definition) is 1. The van der Waals surface area contributed by atoms with Crippen molar-refractivity contribution in [3.63, 3.8) is 0 Å². The topological polar surface area (TPSA) is 103 Å². The summed E-state index contributed by atoms with van der Waals surface area (Å²) >= 11 is 0. The van der Waals surface area contributed by atoms with Crippen molar-refractivity contribution in [1.29, 1.82) is 0 Å². The number of likely N-dealkylation sites (N-methyl/N-ethyl adjacent to an activating group) is 1. The molecule has 3 amide bonds. The van der Waals surface area contributed by atoms with Crippen LogP contribution in [0.5, 0.6) is 0 Å². The van der Waals surface area contributed by atoms with Gasteiger partial charge in [0.25, 0.3) is 5.91 Å². The number of amides is 3. The third-order valence-corrected chi connectivity index (χ3v) is 7.78. The van der Waals surface area contributed by atoms with Gasteiger partial charge in [-0.05, 0) is 69.9 Å². The van der Waals surface area contributed by atoms with Gasteiger partial charge in [-0.15, -0.1) is 0 Å². The highest BCUT2D eigenvalue weighted by molar-refractivity contribution is 5.87. The van der Waals surface area contributed by atoms with E-state index in [1.54, 1.807) is 27.8 Å². The quantitative estimate of drug-likeness (QED) is 0.341. The molecule has 1 aromatic heterocycles. The number of benzene rings is 2. The van der Waals surface area contributed by atoms with Crippen LogP contribution in [0.1, 0.15) is 51.3 Å². The van der Waals surface area contributed by atoms with E-state index in [0.29, 0.717) is 19.6 Å². The molecule has 0 spiro atoms. The number of carbonyl (C=O) groups excluding carboxylic acids is 3. The summed E-state index contributed by atoms with van der Waals surface area (Å²) in [5.74, 6) is -0.379. The van der Waals surface area contributed by atoms with Gasteiger partial charge in [-0.1, -0.05) is 36.4 Å². The third-order valence-electron chi connectivity index (χ3n) is 7.78. The molecule has 45 heavy (non-hydrogen) atoms. The Morgan fingerprint density at radius 3 is 2.27 bits per heavy atom. The minimum Gasteiger partial charge on any atom is -0.444 e. The molecule has 0 radical (unpaired) electrons. The Hall–Kier alpha value is -4.38. The predicted molar refractivity (Wildman–Crippen MR) is 175 cm³/mol. The fraction of sp³-hybridized carbons (Fsp3) is 0.471. The first-order valence-electron chi connectivity index (χ1n) is 15.4. The zero-order valence-electron chi connectivity index (χ0n) is 27.8. The molecule has 0 unspecified atom stereocenters. The van der Waals surface area contributed by atoms with Gasteiger partial charge in [0.1, 0.15) is 5.60 Å². The van der Waals surface area contributed by atoms with Crippen LogP contribution in [0.4, 0.5) is 10.5 Å². The van der Waals surface area contributed by atoms with Crippen molar-refractivity contribution >= 4 is 23.6 Å². The molecule has 0 atom stereocenters. The lowest BCUT2D eigenvalue weighted by Gasteiger charge is -2.32. The second-order valence-corrected chi connectivity index (χ2v) is 12.9. The standard InChI is InChI=1S/C34H47N7O4/c1-24(2)41(33(44)45-34(4,5)6)16-15-35-31(42)22-39(30-17-26(14-13-25(30)3)29-18-36-37(7)19-29)23-32(43)38(8)40-20-27-11-9-10-12-28(27)21-40/h9-14,17-19,24H,15-16,20-23H2,1-8H3,(H,35,42). The summed E-state index contributed by atoms with van der Waals surface area (Å²) in [5, 5.41) is 10.9. The third kappa shape index (κ3) is 8.85. The first-order chi connectivity index (χ1) is 21.2. The average Bonchev–Trinajstić information content (AvgIpc) is 3.60. The first-order valence-corrected chi connectivity index (χ1v) is 15.4. The fourth-order valence-electron chi connectivity index (χ4n) is 5.30. The van der Waals surface area contributed by atoms with Gasteiger partial charge in [-0.25, -0.2) is 9.80 Å². The van der Waals surface area contributed by atoms with Gasteiger partial charge in [-0.2, -0.15) is 5.10 Å². The summed E-state index contributed by atoms with van der Waals surface area (Å²) in [6, 6.07) is 14.1. The minimum absolute atomic E-state index is 0.00409. The van der Waals surface area contributed by atoms with Crippen LogP contribution in [-0.2, 0) is 34.5 Å². The largest absolute Gasteiger partial charge is 0.444 e. The average molecular weight is 618 g/mol. The molecule has 242 valence electrons. The molecule has 0 fully saturated rings. The molecule has 4 rings (SSSR count). The van der Waals surface area contributed by atoms with Gasteiger partial charge >= 0.3 is 6.09 Å². The van der Waals surface area contributed by atoms with E-state index in [-0.39, 0.29) is 37.5 Å². The molecule has 0 aliphatic carbocycles. The SMILES string of the molecule is Cc1ccc(-c2cnn(C)c2)cc1N(CC(=O)NCCN(C(=O)OC(C)(C)C)C(C)C)CC(=O)N(C)N1Cc2ccccc2C1. The van der Waals surface area contributed by atoms with Crippen LogP contribution in [0.25, 0.3) is 11.1 Å². The van der Waals surface area contributed by atoms with E-state index in [1.165, 1.54) is 11.1 Å². The number of fused-ring (bicyclic) bond motifs is 1. The van der Waals surface area contributed by atoms with E-state index < -0.39 is 11.7 Å². The van der Waals surface area contributed by atoms with Crippen LogP contribution in [0, 0.1) is 6.92 Å². The number of aryl methyl sites for hydroxylation is 2. The summed E-state index contributed by atoms with van der Waals surface area (Å²) in [7, 11) is 3.65. The van der Waals surface area contributed by atoms with Crippen LogP contribution in [-0.4, -0.2) is 87.5 Å².